The van der Waals surface area contributed by atoms with Gasteiger partial charge in [0.1, 0.15) is 6.10 Å². The molecule has 1 unspecified atom stereocenters. The molecule has 2 aromatic heterocycles. The number of hydrogen-bond donors (Lipinski definition) is 2. The van der Waals surface area contributed by atoms with Crippen LogP contribution in [0.25, 0.3) is 10.9 Å². The number of hydrogen-bond acceptors (Lipinski definition) is 1. The highest BCUT2D eigenvalue weighted by molar-refractivity contribution is 5.85. The lowest BCUT2D eigenvalue weighted by Gasteiger charge is -2.09. The van der Waals surface area contributed by atoms with E-state index in [1.165, 1.54) is 0 Å². The van der Waals surface area contributed by atoms with E-state index in [9.17, 15) is 5.11 Å². The third-order valence-corrected chi connectivity index (χ3v) is 3.26. The van der Waals surface area contributed by atoms with E-state index in [1.807, 2.05) is 55.7 Å². The normalized spacial score (nSPS) is 12.8. The molecule has 0 aliphatic heterocycles. The first-order valence-corrected chi connectivity index (χ1v) is 5.98. The van der Waals surface area contributed by atoms with Gasteiger partial charge in [0.2, 0.25) is 0 Å². The first kappa shape index (κ1) is 11.0. The molecule has 0 bridgehead atoms. The van der Waals surface area contributed by atoms with E-state index < -0.39 is 6.10 Å². The number of nitrogens with one attached hydrogen (secondary N) is 2. The van der Waals surface area contributed by atoms with Crippen LogP contribution in [-0.4, -0.2) is 10.1 Å². The zero-order valence-electron chi connectivity index (χ0n) is 10.1. The fraction of sp³-hybridized carbons (Fsp3) is 0.133. The molecule has 0 spiro atoms. The summed E-state index contributed by atoms with van der Waals surface area (Å²) in [5, 5.41) is 11.6. The molecule has 0 radical (unpaired) electrons. The zero-order chi connectivity index (χ0) is 12.5. The third-order valence-electron chi connectivity index (χ3n) is 3.26. The molecule has 3 heteroatoms. The second kappa shape index (κ2) is 4.27. The van der Waals surface area contributed by atoms with E-state index in [2.05, 4.69) is 9.97 Å². The number of aliphatic hydroxyl groups excluding tert-OH is 1. The minimum Gasteiger partial charge on any atom is -0.383 e. The van der Waals surface area contributed by atoms with Crippen LogP contribution in [0.2, 0.25) is 0 Å². The predicted molar refractivity (Wildman–Crippen MR) is 70.1 cm³/mol. The maximum Gasteiger partial charge on any atom is 0.173 e. The number of H-pyrrole nitrogens is 2. The Morgan fingerprint density at radius 1 is 1.17 bits per heavy atom. The van der Waals surface area contributed by atoms with Crippen LogP contribution >= 0.6 is 0 Å². The average molecular weight is 239 g/mol. The number of fused-ring (bicyclic) bond motifs is 1. The van der Waals surface area contributed by atoms with Crippen molar-refractivity contribution in [2.24, 2.45) is 0 Å². The van der Waals surface area contributed by atoms with Crippen molar-refractivity contribution in [2.45, 2.75) is 13.0 Å². The van der Waals surface area contributed by atoms with Gasteiger partial charge in [-0.25, -0.2) is 4.98 Å². The molecular weight excluding hydrogens is 224 g/mol. The van der Waals surface area contributed by atoms with Gasteiger partial charge in [0.25, 0.3) is 0 Å². The second-order valence-corrected chi connectivity index (χ2v) is 4.45. The minimum atomic E-state index is -0.612. The Kier molecular flexibility index (Phi) is 2.61. The fourth-order valence-electron chi connectivity index (χ4n) is 2.39. The maximum atomic E-state index is 10.5. The van der Waals surface area contributed by atoms with Gasteiger partial charge in [-0.3, -0.25) is 0 Å². The van der Waals surface area contributed by atoms with Crippen LogP contribution in [0.4, 0.5) is 0 Å². The van der Waals surface area contributed by atoms with Crippen LogP contribution < -0.4 is 4.98 Å². The lowest BCUT2D eigenvalue weighted by Crippen LogP contribution is -2.07. The number of aliphatic hydroxyl groups is 1. The highest BCUT2D eigenvalue weighted by atomic mass is 16.3. The van der Waals surface area contributed by atoms with Gasteiger partial charge in [0, 0.05) is 33.8 Å². The zero-order valence-corrected chi connectivity index (χ0v) is 10.1. The molecule has 1 atom stereocenters. The molecule has 0 fully saturated rings. The number of benzene rings is 1. The molecule has 3 N–H and O–H groups in total. The summed E-state index contributed by atoms with van der Waals surface area (Å²) in [5.41, 5.74) is 3.88. The summed E-state index contributed by atoms with van der Waals surface area (Å²) in [7, 11) is 0. The quantitative estimate of drug-likeness (QED) is 0.708. The molecule has 0 aliphatic carbocycles. The van der Waals surface area contributed by atoms with E-state index in [1.54, 1.807) is 0 Å². The van der Waals surface area contributed by atoms with Crippen molar-refractivity contribution in [1.29, 1.82) is 0 Å². The van der Waals surface area contributed by atoms with Gasteiger partial charge in [-0.1, -0.05) is 18.2 Å². The SMILES string of the molecule is Cc1[nH]c2ccccc2c1C(O)c1ccc[nH+]c1. The number of aryl methyl sites for hydroxylation is 1. The van der Waals surface area contributed by atoms with Crippen LogP contribution in [-0.2, 0) is 0 Å². The number of pyridine rings is 1. The Labute approximate surface area is 105 Å². The largest absolute Gasteiger partial charge is 0.383 e. The molecule has 1 aromatic carbocycles. The van der Waals surface area contributed by atoms with Crippen molar-refractivity contribution >= 4 is 10.9 Å². The highest BCUT2D eigenvalue weighted by Crippen LogP contribution is 2.31. The van der Waals surface area contributed by atoms with Crippen LogP contribution in [0.1, 0.15) is 22.9 Å². The van der Waals surface area contributed by atoms with Gasteiger partial charge in [-0.05, 0) is 19.1 Å². The van der Waals surface area contributed by atoms with Crippen molar-refractivity contribution in [2.75, 3.05) is 0 Å². The average Bonchev–Trinajstić information content (AvgIpc) is 2.75. The first-order chi connectivity index (χ1) is 8.77. The van der Waals surface area contributed by atoms with Gasteiger partial charge >= 0.3 is 0 Å². The third kappa shape index (κ3) is 1.69. The van der Waals surface area contributed by atoms with E-state index in [-0.39, 0.29) is 0 Å². The highest BCUT2D eigenvalue weighted by Gasteiger charge is 2.19. The number of aromatic nitrogens is 2. The second-order valence-electron chi connectivity index (χ2n) is 4.45. The summed E-state index contributed by atoms with van der Waals surface area (Å²) in [5.74, 6) is 0. The van der Waals surface area contributed by atoms with Crippen LogP contribution in [0.3, 0.4) is 0 Å². The standard InChI is InChI=1S/C15H14N2O/c1-10-14(12-6-2-3-7-13(12)17-10)15(18)11-5-4-8-16-9-11/h2-9,15,17-18H,1H3/p+1. The lowest BCUT2D eigenvalue weighted by molar-refractivity contribution is -0.379. The van der Waals surface area contributed by atoms with Gasteiger partial charge in [0.15, 0.2) is 12.4 Å². The smallest absolute Gasteiger partial charge is 0.173 e. The minimum absolute atomic E-state index is 0.612. The summed E-state index contributed by atoms with van der Waals surface area (Å²) < 4.78 is 0. The molecule has 3 aromatic rings. The summed E-state index contributed by atoms with van der Waals surface area (Å²) in [6, 6.07) is 11.8. The molecule has 0 aliphatic rings. The summed E-state index contributed by atoms with van der Waals surface area (Å²) in [4.78, 5) is 6.31. The van der Waals surface area contributed by atoms with Gasteiger partial charge < -0.3 is 10.1 Å². The van der Waals surface area contributed by atoms with Crippen LogP contribution in [0.15, 0.2) is 48.8 Å². The molecule has 18 heavy (non-hydrogen) atoms. The number of aromatic amines is 2. The Hall–Kier alpha value is -2.13. The molecule has 2 heterocycles. The van der Waals surface area contributed by atoms with Crippen molar-refractivity contribution in [3.8, 4) is 0 Å². The summed E-state index contributed by atoms with van der Waals surface area (Å²) >= 11 is 0. The van der Waals surface area contributed by atoms with Gasteiger partial charge in [-0.15, -0.1) is 0 Å². The Balaban J connectivity index is 2.17. The van der Waals surface area contributed by atoms with Crippen molar-refractivity contribution < 1.29 is 10.1 Å². The van der Waals surface area contributed by atoms with E-state index >= 15 is 0 Å². The van der Waals surface area contributed by atoms with Crippen molar-refractivity contribution in [3.05, 3.63) is 65.6 Å². The van der Waals surface area contributed by atoms with Crippen molar-refractivity contribution in [1.82, 2.24) is 4.98 Å². The Bertz CT molecular complexity index is 673. The van der Waals surface area contributed by atoms with E-state index in [0.717, 1.165) is 27.7 Å². The fourth-order valence-corrected chi connectivity index (χ4v) is 2.39. The number of para-hydroxylation sites is 1. The summed E-state index contributed by atoms with van der Waals surface area (Å²) in [6.07, 6.45) is 3.04. The first-order valence-electron chi connectivity index (χ1n) is 5.98. The molecule has 3 rings (SSSR count). The van der Waals surface area contributed by atoms with Crippen LogP contribution in [0.5, 0.6) is 0 Å². The molecule has 90 valence electrons. The molecule has 0 amide bonds. The topological polar surface area (TPSA) is 50.2 Å². The van der Waals surface area contributed by atoms with Gasteiger partial charge in [0.05, 0.1) is 0 Å². The predicted octanol–water partition coefficient (Wildman–Crippen LogP) is 2.37. The molecule has 3 nitrogen and oxygen atoms in total. The van der Waals surface area contributed by atoms with E-state index in [0.29, 0.717) is 0 Å². The Morgan fingerprint density at radius 2 is 2.00 bits per heavy atom. The van der Waals surface area contributed by atoms with Crippen LogP contribution in [0, 0.1) is 6.92 Å². The monoisotopic (exact) mass is 239 g/mol. The molecule has 0 saturated heterocycles. The summed E-state index contributed by atoms with van der Waals surface area (Å²) in [6.45, 7) is 1.99. The van der Waals surface area contributed by atoms with Crippen molar-refractivity contribution in [3.63, 3.8) is 0 Å². The lowest BCUT2D eigenvalue weighted by atomic mass is 10.0. The van der Waals surface area contributed by atoms with E-state index in [4.69, 9.17) is 0 Å². The molecule has 0 saturated carbocycles. The van der Waals surface area contributed by atoms with Gasteiger partial charge in [-0.2, -0.15) is 0 Å². The molecular formula is C15H15N2O+. The number of rotatable bonds is 2. The maximum absolute atomic E-state index is 10.5. The Morgan fingerprint density at radius 3 is 2.78 bits per heavy atom.